The molecular formula is C8H18NO3. The topological polar surface area (TPSA) is 53.7 Å². The summed E-state index contributed by atoms with van der Waals surface area (Å²) in [7, 11) is 0. The molecule has 0 saturated heterocycles. The zero-order valence-electron chi connectivity index (χ0n) is 7.84. The molecule has 0 bridgehead atoms. The molecule has 0 aromatic carbocycles. The third-order valence-electron chi connectivity index (χ3n) is 1.22. The predicted octanol–water partition coefficient (Wildman–Crippen LogP) is 0.523. The molecule has 0 spiro atoms. The molecular weight excluding hydrogens is 158 g/mol. The highest BCUT2D eigenvalue weighted by Gasteiger charge is 2.25. The average Bonchev–Trinajstić information content (AvgIpc) is 2.02. The molecule has 1 radical (unpaired) electrons. The first kappa shape index (κ1) is 11.8. The van der Waals surface area contributed by atoms with E-state index in [2.05, 4.69) is 6.92 Å². The SMILES string of the molecule is [CH2]COCC(N)(OCC)OCC. The first-order valence-corrected chi connectivity index (χ1v) is 4.12. The summed E-state index contributed by atoms with van der Waals surface area (Å²) in [6.45, 7) is 8.78. The van der Waals surface area contributed by atoms with E-state index in [0.29, 0.717) is 19.8 Å². The molecule has 0 aliphatic heterocycles. The van der Waals surface area contributed by atoms with E-state index in [9.17, 15) is 0 Å². The van der Waals surface area contributed by atoms with Gasteiger partial charge in [-0.15, -0.1) is 0 Å². The highest BCUT2D eigenvalue weighted by Crippen LogP contribution is 2.05. The second-order valence-electron chi connectivity index (χ2n) is 2.23. The van der Waals surface area contributed by atoms with Gasteiger partial charge in [0.25, 0.3) is 0 Å². The molecule has 0 aromatic heterocycles. The monoisotopic (exact) mass is 176 g/mol. The summed E-state index contributed by atoms with van der Waals surface area (Å²) < 4.78 is 15.4. The largest absolute Gasteiger partial charge is 0.374 e. The molecule has 0 saturated carbocycles. The van der Waals surface area contributed by atoms with Crippen molar-refractivity contribution < 1.29 is 14.2 Å². The van der Waals surface area contributed by atoms with Crippen LogP contribution in [0.4, 0.5) is 0 Å². The van der Waals surface area contributed by atoms with Gasteiger partial charge in [0.1, 0.15) is 6.61 Å². The number of hydrogen-bond acceptors (Lipinski definition) is 4. The predicted molar refractivity (Wildman–Crippen MR) is 46.3 cm³/mol. The van der Waals surface area contributed by atoms with Gasteiger partial charge in [0.15, 0.2) is 0 Å². The molecule has 0 aliphatic carbocycles. The Labute approximate surface area is 74.0 Å². The lowest BCUT2D eigenvalue weighted by Gasteiger charge is -2.27. The van der Waals surface area contributed by atoms with Gasteiger partial charge >= 0.3 is 0 Å². The third-order valence-corrected chi connectivity index (χ3v) is 1.22. The van der Waals surface area contributed by atoms with E-state index in [-0.39, 0.29) is 6.61 Å². The first-order chi connectivity index (χ1) is 5.68. The van der Waals surface area contributed by atoms with Crippen LogP contribution in [-0.4, -0.2) is 32.3 Å². The summed E-state index contributed by atoms with van der Waals surface area (Å²) >= 11 is 0. The van der Waals surface area contributed by atoms with E-state index in [1.54, 1.807) is 0 Å². The lowest BCUT2D eigenvalue weighted by Crippen LogP contribution is -2.50. The first-order valence-electron chi connectivity index (χ1n) is 4.12. The second-order valence-corrected chi connectivity index (χ2v) is 2.23. The zero-order valence-corrected chi connectivity index (χ0v) is 7.84. The molecule has 2 N–H and O–H groups in total. The average molecular weight is 176 g/mol. The quantitative estimate of drug-likeness (QED) is 0.575. The van der Waals surface area contributed by atoms with Crippen LogP contribution >= 0.6 is 0 Å². The Hall–Kier alpha value is -0.160. The van der Waals surface area contributed by atoms with Crippen LogP contribution in [0.2, 0.25) is 0 Å². The van der Waals surface area contributed by atoms with Gasteiger partial charge in [-0.3, -0.25) is 5.73 Å². The van der Waals surface area contributed by atoms with Crippen molar-refractivity contribution in [2.24, 2.45) is 5.73 Å². The molecule has 12 heavy (non-hydrogen) atoms. The van der Waals surface area contributed by atoms with Crippen molar-refractivity contribution in [3.05, 3.63) is 6.92 Å². The Morgan fingerprint density at radius 1 is 1.25 bits per heavy atom. The Morgan fingerprint density at radius 3 is 2.08 bits per heavy atom. The third kappa shape index (κ3) is 4.66. The standard InChI is InChI=1S/C8H18NO3/c1-4-10-7-8(9,11-5-2)12-6-3/h1,4-7,9H2,2-3H3. The summed E-state index contributed by atoms with van der Waals surface area (Å²) in [6.07, 6.45) is 0. The second kappa shape index (κ2) is 6.37. The van der Waals surface area contributed by atoms with E-state index in [0.717, 1.165) is 0 Å². The van der Waals surface area contributed by atoms with Crippen molar-refractivity contribution in [3.63, 3.8) is 0 Å². The molecule has 0 rings (SSSR count). The van der Waals surface area contributed by atoms with Crippen molar-refractivity contribution >= 4 is 0 Å². The van der Waals surface area contributed by atoms with Crippen molar-refractivity contribution in [1.82, 2.24) is 0 Å². The van der Waals surface area contributed by atoms with Crippen LogP contribution in [0.1, 0.15) is 13.8 Å². The molecule has 4 nitrogen and oxygen atoms in total. The Kier molecular flexibility index (Phi) is 6.28. The summed E-state index contributed by atoms with van der Waals surface area (Å²) in [5, 5.41) is 0. The summed E-state index contributed by atoms with van der Waals surface area (Å²) in [5.41, 5.74) is 5.71. The van der Waals surface area contributed by atoms with E-state index < -0.39 is 5.91 Å². The fraction of sp³-hybridized carbons (Fsp3) is 0.875. The lowest BCUT2D eigenvalue weighted by molar-refractivity contribution is -0.253. The number of ether oxygens (including phenoxy) is 3. The lowest BCUT2D eigenvalue weighted by atomic mass is 10.5. The maximum atomic E-state index is 5.71. The number of rotatable bonds is 7. The molecule has 0 heterocycles. The number of nitrogens with two attached hydrogens (primary N) is 1. The van der Waals surface area contributed by atoms with E-state index in [1.165, 1.54) is 0 Å². The van der Waals surface area contributed by atoms with Crippen molar-refractivity contribution in [1.29, 1.82) is 0 Å². The van der Waals surface area contributed by atoms with Crippen LogP contribution in [0, 0.1) is 6.92 Å². The Balaban J connectivity index is 3.80. The smallest absolute Gasteiger partial charge is 0.249 e. The summed E-state index contributed by atoms with van der Waals surface area (Å²) in [5.74, 6) is -1.11. The van der Waals surface area contributed by atoms with E-state index in [1.807, 2.05) is 13.8 Å². The molecule has 0 aromatic rings. The van der Waals surface area contributed by atoms with E-state index in [4.69, 9.17) is 19.9 Å². The normalized spacial score (nSPS) is 12.0. The molecule has 0 fully saturated rings. The summed E-state index contributed by atoms with van der Waals surface area (Å²) in [4.78, 5) is 0. The van der Waals surface area contributed by atoms with Gasteiger partial charge in [-0.05, 0) is 20.8 Å². The van der Waals surface area contributed by atoms with Crippen molar-refractivity contribution in [2.75, 3.05) is 26.4 Å². The molecule has 0 amide bonds. The number of hydrogen-bond donors (Lipinski definition) is 1. The van der Waals surface area contributed by atoms with Gasteiger partial charge in [0, 0.05) is 19.8 Å². The summed E-state index contributed by atoms with van der Waals surface area (Å²) in [6, 6.07) is 0. The van der Waals surface area contributed by atoms with Crippen LogP contribution < -0.4 is 5.73 Å². The minimum Gasteiger partial charge on any atom is -0.374 e. The molecule has 0 aliphatic rings. The van der Waals surface area contributed by atoms with Crippen LogP contribution in [0.25, 0.3) is 0 Å². The minimum atomic E-state index is -1.11. The van der Waals surface area contributed by atoms with E-state index >= 15 is 0 Å². The van der Waals surface area contributed by atoms with Gasteiger partial charge in [-0.25, -0.2) is 0 Å². The highest BCUT2D eigenvalue weighted by molar-refractivity contribution is 4.59. The van der Waals surface area contributed by atoms with Gasteiger partial charge in [-0.2, -0.15) is 0 Å². The highest BCUT2D eigenvalue weighted by atomic mass is 16.7. The van der Waals surface area contributed by atoms with Crippen molar-refractivity contribution in [2.45, 2.75) is 19.8 Å². The van der Waals surface area contributed by atoms with Gasteiger partial charge in [0.05, 0.1) is 0 Å². The Bertz CT molecular complexity index is 102. The fourth-order valence-corrected chi connectivity index (χ4v) is 0.828. The molecule has 0 unspecified atom stereocenters. The Morgan fingerprint density at radius 2 is 1.75 bits per heavy atom. The maximum Gasteiger partial charge on any atom is 0.249 e. The van der Waals surface area contributed by atoms with Gasteiger partial charge in [-0.1, -0.05) is 0 Å². The molecule has 73 valence electrons. The zero-order chi connectivity index (χ0) is 9.45. The van der Waals surface area contributed by atoms with Gasteiger partial charge < -0.3 is 14.2 Å². The van der Waals surface area contributed by atoms with Crippen LogP contribution in [0.15, 0.2) is 0 Å². The minimum absolute atomic E-state index is 0.207. The van der Waals surface area contributed by atoms with Crippen LogP contribution in [0.5, 0.6) is 0 Å². The molecule has 4 heteroatoms. The fourth-order valence-electron chi connectivity index (χ4n) is 0.828. The van der Waals surface area contributed by atoms with Gasteiger partial charge in [0.2, 0.25) is 5.91 Å². The maximum absolute atomic E-state index is 5.71. The van der Waals surface area contributed by atoms with Crippen LogP contribution in [0.3, 0.4) is 0 Å². The van der Waals surface area contributed by atoms with Crippen molar-refractivity contribution in [3.8, 4) is 0 Å². The molecule has 0 atom stereocenters. The van der Waals surface area contributed by atoms with Crippen LogP contribution in [-0.2, 0) is 14.2 Å².